The van der Waals surface area contributed by atoms with Crippen molar-refractivity contribution < 1.29 is 14.6 Å². The van der Waals surface area contributed by atoms with Gasteiger partial charge in [-0.25, -0.2) is 0 Å². The van der Waals surface area contributed by atoms with E-state index in [-0.39, 0.29) is 18.4 Å². The van der Waals surface area contributed by atoms with E-state index in [1.54, 1.807) is 31.4 Å². The predicted octanol–water partition coefficient (Wildman–Crippen LogP) is 2.96. The highest BCUT2D eigenvalue weighted by atomic mass is 16.5. The molecule has 23 heavy (non-hydrogen) atoms. The van der Waals surface area contributed by atoms with Crippen molar-refractivity contribution in [3.05, 3.63) is 65.2 Å². The first-order valence-electron chi connectivity index (χ1n) is 7.67. The van der Waals surface area contributed by atoms with Gasteiger partial charge in [-0.15, -0.1) is 0 Å². The van der Waals surface area contributed by atoms with Crippen LogP contribution in [0.3, 0.4) is 0 Å². The second-order valence-corrected chi connectivity index (χ2v) is 5.67. The van der Waals surface area contributed by atoms with Crippen LogP contribution in [0.4, 0.5) is 0 Å². The number of ether oxygens (including phenoxy) is 1. The number of aliphatic hydroxyl groups excluding tert-OH is 1. The van der Waals surface area contributed by atoms with Crippen molar-refractivity contribution in [1.29, 1.82) is 0 Å². The molecule has 2 N–H and O–H groups in total. The van der Waals surface area contributed by atoms with Gasteiger partial charge in [0.1, 0.15) is 5.75 Å². The second kappa shape index (κ2) is 7.79. The molecule has 2 unspecified atom stereocenters. The number of benzene rings is 2. The lowest BCUT2D eigenvalue weighted by molar-refractivity contribution is -0.122. The quantitative estimate of drug-likeness (QED) is 0.862. The summed E-state index contributed by atoms with van der Waals surface area (Å²) in [5.41, 5.74) is 2.84. The number of methoxy groups -OCH3 is 1. The monoisotopic (exact) mass is 313 g/mol. The average molecular weight is 313 g/mol. The number of hydrogen-bond donors (Lipinski definition) is 2. The minimum Gasteiger partial charge on any atom is -0.497 e. The number of carbonyl (C=O) groups is 1. The van der Waals surface area contributed by atoms with Crippen LogP contribution in [0.15, 0.2) is 48.5 Å². The van der Waals surface area contributed by atoms with Crippen molar-refractivity contribution in [2.45, 2.75) is 25.9 Å². The summed E-state index contributed by atoms with van der Waals surface area (Å²) in [7, 11) is 1.60. The smallest absolute Gasteiger partial charge is 0.227 e. The molecule has 0 radical (unpaired) electrons. The molecular weight excluding hydrogens is 290 g/mol. The van der Waals surface area contributed by atoms with E-state index in [1.165, 1.54) is 0 Å². The molecule has 0 aliphatic carbocycles. The van der Waals surface area contributed by atoms with Crippen LogP contribution in [0.25, 0.3) is 0 Å². The van der Waals surface area contributed by atoms with Gasteiger partial charge in [-0.2, -0.15) is 0 Å². The van der Waals surface area contributed by atoms with Gasteiger partial charge in [-0.3, -0.25) is 4.79 Å². The van der Waals surface area contributed by atoms with Gasteiger partial charge < -0.3 is 15.2 Å². The molecule has 4 nitrogen and oxygen atoms in total. The molecular formula is C19H23NO3. The van der Waals surface area contributed by atoms with Crippen LogP contribution in [0, 0.1) is 6.92 Å². The lowest BCUT2D eigenvalue weighted by atomic mass is 9.98. The summed E-state index contributed by atoms with van der Waals surface area (Å²) in [6.07, 6.45) is -0.741. The van der Waals surface area contributed by atoms with Crippen LogP contribution in [0.2, 0.25) is 0 Å². The van der Waals surface area contributed by atoms with Crippen molar-refractivity contribution in [2.75, 3.05) is 13.7 Å². The highest BCUT2D eigenvalue weighted by Crippen LogP contribution is 2.19. The van der Waals surface area contributed by atoms with Crippen molar-refractivity contribution in [3.8, 4) is 5.75 Å². The van der Waals surface area contributed by atoms with Crippen molar-refractivity contribution in [2.24, 2.45) is 0 Å². The van der Waals surface area contributed by atoms with Gasteiger partial charge >= 0.3 is 0 Å². The molecule has 0 heterocycles. The molecule has 0 bridgehead atoms. The Morgan fingerprint density at radius 3 is 2.48 bits per heavy atom. The summed E-state index contributed by atoms with van der Waals surface area (Å²) in [4.78, 5) is 12.2. The zero-order chi connectivity index (χ0) is 16.8. The van der Waals surface area contributed by atoms with E-state index in [4.69, 9.17) is 4.74 Å². The molecule has 0 saturated carbocycles. The maximum Gasteiger partial charge on any atom is 0.227 e. The highest BCUT2D eigenvalue weighted by molar-refractivity contribution is 5.83. The van der Waals surface area contributed by atoms with Crippen molar-refractivity contribution in [1.82, 2.24) is 5.32 Å². The number of aryl methyl sites for hydroxylation is 1. The van der Waals surface area contributed by atoms with Gasteiger partial charge in [-0.1, -0.05) is 42.0 Å². The number of aliphatic hydroxyl groups is 1. The van der Waals surface area contributed by atoms with E-state index in [1.807, 2.05) is 38.1 Å². The third kappa shape index (κ3) is 4.57. The van der Waals surface area contributed by atoms with Crippen molar-refractivity contribution >= 4 is 5.91 Å². The normalized spacial score (nSPS) is 13.2. The summed E-state index contributed by atoms with van der Waals surface area (Å²) in [6, 6.07) is 15.0. The topological polar surface area (TPSA) is 58.6 Å². The van der Waals surface area contributed by atoms with E-state index in [2.05, 4.69) is 5.32 Å². The molecule has 0 saturated heterocycles. The summed E-state index contributed by atoms with van der Waals surface area (Å²) in [5, 5.41) is 13.0. The molecule has 2 atom stereocenters. The third-order valence-corrected chi connectivity index (χ3v) is 3.91. The number of nitrogens with one attached hydrogen (secondary N) is 1. The number of hydrogen-bond acceptors (Lipinski definition) is 3. The Morgan fingerprint density at radius 1 is 1.17 bits per heavy atom. The standard InChI is InChI=1S/C19H23NO3/c1-13-5-4-6-16(11-13)14(2)19(22)20-12-18(21)15-7-9-17(23-3)10-8-15/h4-11,14,18,21H,12H2,1-3H3,(H,20,22). The second-order valence-electron chi connectivity index (χ2n) is 5.67. The molecule has 0 spiro atoms. The Labute approximate surface area is 137 Å². The Bertz CT molecular complexity index is 652. The van der Waals surface area contributed by atoms with Gasteiger partial charge in [0.2, 0.25) is 5.91 Å². The summed E-state index contributed by atoms with van der Waals surface area (Å²) in [5.74, 6) is 0.388. The molecule has 0 aliphatic rings. The molecule has 4 heteroatoms. The molecule has 0 aliphatic heterocycles. The Kier molecular flexibility index (Phi) is 5.77. The van der Waals surface area contributed by atoms with Crippen LogP contribution in [0.1, 0.15) is 35.6 Å². The van der Waals surface area contributed by atoms with Crippen molar-refractivity contribution in [3.63, 3.8) is 0 Å². The molecule has 0 aromatic heterocycles. The fourth-order valence-electron chi connectivity index (χ4n) is 2.39. The lowest BCUT2D eigenvalue weighted by Crippen LogP contribution is -2.31. The van der Waals surface area contributed by atoms with E-state index >= 15 is 0 Å². The maximum absolute atomic E-state index is 12.2. The van der Waals surface area contributed by atoms with Gasteiger partial charge in [0.05, 0.1) is 19.1 Å². The fraction of sp³-hybridized carbons (Fsp3) is 0.316. The maximum atomic E-state index is 12.2. The number of rotatable bonds is 6. The Morgan fingerprint density at radius 2 is 1.87 bits per heavy atom. The average Bonchev–Trinajstić information content (AvgIpc) is 2.58. The van der Waals surface area contributed by atoms with E-state index in [0.29, 0.717) is 0 Å². The Hall–Kier alpha value is -2.33. The van der Waals surface area contributed by atoms with Gasteiger partial charge in [0, 0.05) is 6.54 Å². The molecule has 1 amide bonds. The number of carbonyl (C=O) groups excluding carboxylic acids is 1. The van der Waals surface area contributed by atoms with Gasteiger partial charge in [-0.05, 0) is 37.1 Å². The van der Waals surface area contributed by atoms with E-state index in [0.717, 1.165) is 22.4 Å². The molecule has 2 aromatic rings. The Balaban J connectivity index is 1.92. The first-order chi connectivity index (χ1) is 11.0. The highest BCUT2D eigenvalue weighted by Gasteiger charge is 2.16. The SMILES string of the molecule is COc1ccc(C(O)CNC(=O)C(C)c2cccc(C)c2)cc1. The van der Waals surface area contributed by atoms with Crippen LogP contribution in [-0.2, 0) is 4.79 Å². The minimum atomic E-state index is -0.741. The van der Waals surface area contributed by atoms with E-state index in [9.17, 15) is 9.90 Å². The first kappa shape index (κ1) is 17.0. The van der Waals surface area contributed by atoms with Crippen LogP contribution < -0.4 is 10.1 Å². The molecule has 0 fully saturated rings. The van der Waals surface area contributed by atoms with Gasteiger partial charge in [0.15, 0.2) is 0 Å². The molecule has 2 rings (SSSR count). The lowest BCUT2D eigenvalue weighted by Gasteiger charge is -2.16. The van der Waals surface area contributed by atoms with E-state index < -0.39 is 6.10 Å². The number of amides is 1. The fourth-order valence-corrected chi connectivity index (χ4v) is 2.39. The van der Waals surface area contributed by atoms with Crippen LogP contribution in [-0.4, -0.2) is 24.7 Å². The predicted molar refractivity (Wildman–Crippen MR) is 90.6 cm³/mol. The zero-order valence-electron chi connectivity index (χ0n) is 13.7. The largest absolute Gasteiger partial charge is 0.497 e. The first-order valence-corrected chi connectivity index (χ1v) is 7.67. The molecule has 122 valence electrons. The van der Waals surface area contributed by atoms with Crippen LogP contribution in [0.5, 0.6) is 5.75 Å². The summed E-state index contributed by atoms with van der Waals surface area (Å²) < 4.78 is 5.09. The van der Waals surface area contributed by atoms with Crippen LogP contribution >= 0.6 is 0 Å². The molecule has 2 aromatic carbocycles. The zero-order valence-corrected chi connectivity index (χ0v) is 13.7. The summed E-state index contributed by atoms with van der Waals surface area (Å²) in [6.45, 7) is 4.05. The minimum absolute atomic E-state index is 0.0943. The third-order valence-electron chi connectivity index (χ3n) is 3.91. The summed E-state index contributed by atoms with van der Waals surface area (Å²) >= 11 is 0. The van der Waals surface area contributed by atoms with Gasteiger partial charge in [0.25, 0.3) is 0 Å².